The smallest absolute Gasteiger partial charge is 1.00 e. The predicted molar refractivity (Wildman–Crippen MR) is 91.2 cm³/mol. The molecule has 4 nitrogen and oxygen atoms in total. The second-order valence-corrected chi connectivity index (χ2v) is 7.42. The van der Waals surface area contributed by atoms with E-state index >= 15 is 0 Å². The molecule has 0 saturated carbocycles. The molecule has 0 saturated heterocycles. The van der Waals surface area contributed by atoms with Gasteiger partial charge in [0.2, 0.25) is 0 Å². The third-order valence-corrected chi connectivity index (χ3v) is 5.41. The summed E-state index contributed by atoms with van der Waals surface area (Å²) in [5.74, 6) is 0. The van der Waals surface area contributed by atoms with E-state index in [9.17, 15) is 13.5 Å². The zero-order valence-electron chi connectivity index (χ0n) is 15.8. The normalized spacial score (nSPS) is 14.5. The van der Waals surface area contributed by atoms with E-state index in [0.717, 1.165) is 12.8 Å². The fourth-order valence-electron chi connectivity index (χ4n) is 2.38. The fraction of sp³-hybridized carbons (Fsp3) is 1.00. The number of rotatable bonds is 13. The van der Waals surface area contributed by atoms with Crippen molar-refractivity contribution in [1.82, 2.24) is 0 Å². The summed E-state index contributed by atoms with van der Waals surface area (Å²) in [6, 6.07) is 0. The molecule has 0 amide bonds. The molecular formula is C15H34MgO4S. The van der Waals surface area contributed by atoms with Crippen LogP contribution in [0.15, 0.2) is 0 Å². The Bertz CT molecular complexity index is 342. The maximum atomic E-state index is 11.1. The van der Waals surface area contributed by atoms with Gasteiger partial charge in [0.25, 0.3) is 10.1 Å². The number of aliphatic hydroxyl groups is 1. The van der Waals surface area contributed by atoms with E-state index in [0.29, 0.717) is 6.42 Å². The van der Waals surface area contributed by atoms with Crippen LogP contribution >= 0.6 is 0 Å². The van der Waals surface area contributed by atoms with Gasteiger partial charge >= 0.3 is 23.1 Å². The van der Waals surface area contributed by atoms with Crippen molar-refractivity contribution >= 4 is 33.2 Å². The van der Waals surface area contributed by atoms with Crippen LogP contribution in [-0.4, -0.2) is 46.1 Å². The van der Waals surface area contributed by atoms with Crippen LogP contribution in [0, 0.1) is 0 Å². The van der Waals surface area contributed by atoms with E-state index in [1.807, 2.05) is 0 Å². The molecule has 0 aromatic heterocycles. The van der Waals surface area contributed by atoms with Gasteiger partial charge in [-0.25, -0.2) is 0 Å². The van der Waals surface area contributed by atoms with Crippen LogP contribution in [0.25, 0.3) is 0 Å². The van der Waals surface area contributed by atoms with Gasteiger partial charge in [-0.2, -0.15) is 8.42 Å². The van der Waals surface area contributed by atoms with Crippen molar-refractivity contribution in [2.75, 3.05) is 0 Å². The summed E-state index contributed by atoms with van der Waals surface area (Å²) >= 11 is 0. The topological polar surface area (TPSA) is 74.6 Å². The molecule has 0 aliphatic carbocycles. The fourth-order valence-corrected chi connectivity index (χ4v) is 3.14. The Hall–Kier alpha value is 0.636. The van der Waals surface area contributed by atoms with E-state index in [2.05, 4.69) is 6.92 Å². The van der Waals surface area contributed by atoms with Crippen LogP contribution in [0.2, 0.25) is 0 Å². The molecule has 0 aliphatic heterocycles. The van der Waals surface area contributed by atoms with Crippen LogP contribution < -0.4 is 0 Å². The van der Waals surface area contributed by atoms with Gasteiger partial charge in [-0.3, -0.25) is 4.55 Å². The second-order valence-electron chi connectivity index (χ2n) is 5.71. The Balaban J connectivity index is -0.000000602. The molecule has 6 heteroatoms. The third-order valence-electron chi connectivity index (χ3n) is 3.95. The zero-order valence-corrected chi connectivity index (χ0v) is 16.0. The first kappa shape index (κ1) is 23.9. The first-order valence-electron chi connectivity index (χ1n) is 8.06. The van der Waals surface area contributed by atoms with Gasteiger partial charge in [-0.05, 0) is 19.3 Å². The van der Waals surface area contributed by atoms with Crippen molar-refractivity contribution in [3.63, 3.8) is 0 Å². The Kier molecular flexibility index (Phi) is 14.9. The molecular weight excluding hydrogens is 301 g/mol. The summed E-state index contributed by atoms with van der Waals surface area (Å²) in [6.07, 6.45) is 11.7. The molecule has 0 heterocycles. The quantitative estimate of drug-likeness (QED) is 0.302. The first-order valence-corrected chi connectivity index (χ1v) is 9.51. The molecule has 1 unspecified atom stereocenters. The minimum Gasteiger partial charge on any atom is -1.00 e. The molecule has 0 radical (unpaired) electrons. The Labute approximate surface area is 150 Å². The average molecular weight is 335 g/mol. The number of unbranched alkanes of at least 4 members (excludes halogenated alkanes) is 9. The van der Waals surface area contributed by atoms with Gasteiger partial charge in [0.1, 0.15) is 0 Å². The van der Waals surface area contributed by atoms with E-state index < -0.39 is 15.1 Å². The maximum Gasteiger partial charge on any atom is 2.00 e. The number of hydrogen-bond donors (Lipinski definition) is 2. The Morgan fingerprint density at radius 1 is 0.857 bits per heavy atom. The summed E-state index contributed by atoms with van der Waals surface area (Å²) in [7, 11) is -4.37. The molecule has 0 rings (SSSR count). The molecule has 0 aliphatic rings. The Morgan fingerprint density at radius 3 is 1.57 bits per heavy atom. The van der Waals surface area contributed by atoms with Crippen molar-refractivity contribution in [1.29, 1.82) is 0 Å². The SMILES string of the molecule is CCCCCCCCCCCCC(O)(CC)S(=O)(=O)O.[H-].[H-].[Mg+2]. The molecule has 21 heavy (non-hydrogen) atoms. The summed E-state index contributed by atoms with van der Waals surface area (Å²) in [6.45, 7) is 3.79. The second kappa shape index (κ2) is 13.1. The van der Waals surface area contributed by atoms with Crippen LogP contribution in [0.3, 0.4) is 0 Å². The molecule has 0 fully saturated rings. The first-order chi connectivity index (χ1) is 9.37. The zero-order chi connectivity index (χ0) is 15.5. The van der Waals surface area contributed by atoms with E-state index in [1.54, 1.807) is 6.92 Å². The van der Waals surface area contributed by atoms with Crippen molar-refractivity contribution in [2.24, 2.45) is 0 Å². The van der Waals surface area contributed by atoms with Gasteiger partial charge in [0.05, 0.1) is 0 Å². The minimum absolute atomic E-state index is 0. The van der Waals surface area contributed by atoms with Gasteiger partial charge in [-0.15, -0.1) is 0 Å². The monoisotopic (exact) mass is 334 g/mol. The average Bonchev–Trinajstić information content (AvgIpc) is 2.39. The summed E-state index contributed by atoms with van der Waals surface area (Å²) < 4.78 is 31.2. The predicted octanol–water partition coefficient (Wildman–Crippen LogP) is 4.13. The van der Waals surface area contributed by atoms with Gasteiger partial charge < -0.3 is 7.96 Å². The van der Waals surface area contributed by atoms with Gasteiger partial charge in [0.15, 0.2) is 4.93 Å². The molecule has 1 atom stereocenters. The molecule has 0 spiro atoms. The molecule has 2 N–H and O–H groups in total. The van der Waals surface area contributed by atoms with E-state index in [4.69, 9.17) is 4.55 Å². The molecule has 126 valence electrons. The van der Waals surface area contributed by atoms with Crippen LogP contribution in [0.4, 0.5) is 0 Å². The molecule has 0 bridgehead atoms. The molecule has 0 aromatic rings. The van der Waals surface area contributed by atoms with Gasteiger partial charge in [-0.1, -0.05) is 71.6 Å². The van der Waals surface area contributed by atoms with Crippen molar-refractivity contribution in [2.45, 2.75) is 95.8 Å². The summed E-state index contributed by atoms with van der Waals surface area (Å²) in [4.78, 5) is -1.95. The van der Waals surface area contributed by atoms with Crippen LogP contribution in [-0.2, 0) is 10.1 Å². The van der Waals surface area contributed by atoms with E-state index in [1.165, 1.54) is 44.9 Å². The van der Waals surface area contributed by atoms with Crippen LogP contribution in [0.5, 0.6) is 0 Å². The Morgan fingerprint density at radius 2 is 1.24 bits per heavy atom. The maximum absolute atomic E-state index is 11.1. The third kappa shape index (κ3) is 10.9. The standard InChI is InChI=1S/C15H32O4S.Mg.2H/c1-3-5-6-7-8-9-10-11-12-13-14-15(16,4-2)20(17,18)19;;;/h16H,3-14H2,1-2H3,(H,17,18,19);;;/q;+2;2*-1. The van der Waals surface area contributed by atoms with Gasteiger partial charge in [0, 0.05) is 0 Å². The van der Waals surface area contributed by atoms with Crippen molar-refractivity contribution in [3.05, 3.63) is 0 Å². The summed E-state index contributed by atoms with van der Waals surface area (Å²) in [5.41, 5.74) is 0. The largest absolute Gasteiger partial charge is 2.00 e. The van der Waals surface area contributed by atoms with Crippen molar-refractivity contribution < 1.29 is 20.9 Å². The van der Waals surface area contributed by atoms with Crippen LogP contribution in [0.1, 0.15) is 93.8 Å². The number of hydrogen-bond acceptors (Lipinski definition) is 3. The minimum atomic E-state index is -4.37. The van der Waals surface area contributed by atoms with E-state index in [-0.39, 0.29) is 38.7 Å². The van der Waals surface area contributed by atoms with Crippen molar-refractivity contribution in [3.8, 4) is 0 Å². The molecule has 0 aromatic carbocycles. The summed E-state index contributed by atoms with van der Waals surface area (Å²) in [5, 5.41) is 9.84.